The van der Waals surface area contributed by atoms with Crippen LogP contribution in [0.5, 0.6) is 0 Å². The average Bonchev–Trinajstić information content (AvgIpc) is 2.99. The minimum absolute atomic E-state index is 0.250. The molecule has 106 valence electrons. The van der Waals surface area contributed by atoms with Gasteiger partial charge >= 0.3 is 0 Å². The molecule has 19 heavy (non-hydrogen) atoms. The fourth-order valence-corrected chi connectivity index (χ4v) is 1.98. The van der Waals surface area contributed by atoms with Crippen LogP contribution in [0.1, 0.15) is 25.2 Å². The summed E-state index contributed by atoms with van der Waals surface area (Å²) < 4.78 is 5.22. The quantitative estimate of drug-likeness (QED) is 0.805. The van der Waals surface area contributed by atoms with Crippen molar-refractivity contribution < 1.29 is 19.4 Å². The van der Waals surface area contributed by atoms with Crippen molar-refractivity contribution in [2.24, 2.45) is 0 Å². The zero-order chi connectivity index (χ0) is 14.3. The van der Waals surface area contributed by atoms with Crippen LogP contribution in [0, 0.1) is 0 Å². The van der Waals surface area contributed by atoms with Crippen LogP contribution in [0.4, 0.5) is 0 Å². The second-order valence-corrected chi connectivity index (χ2v) is 4.23. The first-order valence-corrected chi connectivity index (χ1v) is 6.10. The number of hydrogen-bond acceptors (Lipinski definition) is 5. The molecule has 6 nitrogen and oxygen atoms in total. The maximum absolute atomic E-state index is 10.1. The predicted octanol–water partition coefficient (Wildman–Crippen LogP) is 1.47. The second kappa shape index (κ2) is 7.48. The molecule has 0 aromatic carbocycles. The zero-order valence-electron chi connectivity index (χ0n) is 11.2. The molecule has 1 aliphatic rings. The van der Waals surface area contributed by atoms with Crippen LogP contribution in [0.15, 0.2) is 34.7 Å². The number of aliphatic hydroxyl groups is 1. The largest absolute Gasteiger partial charge is 0.483 e. The van der Waals surface area contributed by atoms with Crippen LogP contribution in [0.3, 0.4) is 0 Å². The number of carbonyl (C=O) groups is 1. The molecule has 0 saturated carbocycles. The Morgan fingerprint density at radius 3 is 2.79 bits per heavy atom. The topological polar surface area (TPSA) is 77.2 Å². The second-order valence-electron chi connectivity index (χ2n) is 4.23. The third-order valence-electron chi connectivity index (χ3n) is 2.75. The smallest absolute Gasteiger partial charge is 0.290 e. The molecule has 0 spiro atoms. The van der Waals surface area contributed by atoms with Crippen molar-refractivity contribution in [2.45, 2.75) is 19.4 Å². The molecule has 2 N–H and O–H groups in total. The summed E-state index contributed by atoms with van der Waals surface area (Å²) >= 11 is 0. The van der Waals surface area contributed by atoms with Crippen molar-refractivity contribution in [1.29, 1.82) is 0 Å². The highest BCUT2D eigenvalue weighted by Crippen LogP contribution is 2.28. The Hall–Kier alpha value is -1.95. The number of rotatable bonds is 4. The molecular formula is C13H20N2O4. The Morgan fingerprint density at radius 1 is 1.58 bits per heavy atom. The zero-order valence-corrected chi connectivity index (χ0v) is 11.2. The normalized spacial score (nSPS) is 15.6. The van der Waals surface area contributed by atoms with Crippen LogP contribution in [-0.2, 0) is 4.79 Å². The fraction of sp³-hybridized carbons (Fsp3) is 0.462. The minimum atomic E-state index is -0.665. The summed E-state index contributed by atoms with van der Waals surface area (Å²) in [5.41, 5.74) is 0.892. The Balaban J connectivity index is 0.000000550. The van der Waals surface area contributed by atoms with Crippen molar-refractivity contribution in [3.8, 4) is 0 Å². The van der Waals surface area contributed by atoms with Gasteiger partial charge in [0.2, 0.25) is 0 Å². The molecule has 1 aliphatic heterocycles. The first kappa shape index (κ1) is 15.1. The predicted molar refractivity (Wildman–Crippen MR) is 70.1 cm³/mol. The van der Waals surface area contributed by atoms with E-state index in [9.17, 15) is 5.11 Å². The molecule has 1 aromatic rings. The Bertz CT molecular complexity index is 403. The van der Waals surface area contributed by atoms with E-state index in [-0.39, 0.29) is 6.47 Å². The van der Waals surface area contributed by atoms with Gasteiger partial charge in [-0.05, 0) is 18.6 Å². The van der Waals surface area contributed by atoms with E-state index in [1.807, 2.05) is 18.1 Å². The van der Waals surface area contributed by atoms with Gasteiger partial charge in [0, 0.05) is 19.8 Å². The van der Waals surface area contributed by atoms with Gasteiger partial charge in [-0.15, -0.1) is 0 Å². The van der Waals surface area contributed by atoms with E-state index in [0.29, 0.717) is 5.76 Å². The highest BCUT2D eigenvalue weighted by atomic mass is 16.4. The minimum Gasteiger partial charge on any atom is -0.483 e. The van der Waals surface area contributed by atoms with E-state index in [2.05, 4.69) is 11.8 Å². The van der Waals surface area contributed by atoms with Crippen LogP contribution in [-0.4, -0.2) is 46.7 Å². The van der Waals surface area contributed by atoms with Crippen LogP contribution >= 0.6 is 0 Å². The van der Waals surface area contributed by atoms with Crippen molar-refractivity contribution in [3.05, 3.63) is 36.1 Å². The van der Waals surface area contributed by atoms with E-state index in [4.69, 9.17) is 14.3 Å². The van der Waals surface area contributed by atoms with Gasteiger partial charge < -0.3 is 24.4 Å². The van der Waals surface area contributed by atoms with Gasteiger partial charge in [0.25, 0.3) is 6.47 Å². The number of furan rings is 1. The Labute approximate surface area is 112 Å². The molecule has 6 heteroatoms. The third kappa shape index (κ3) is 4.03. The van der Waals surface area contributed by atoms with Crippen LogP contribution in [0.25, 0.3) is 0 Å². The molecule has 1 atom stereocenters. The first-order valence-electron chi connectivity index (χ1n) is 6.10. The number of aliphatic hydroxyl groups excluding tert-OH is 1. The summed E-state index contributed by atoms with van der Waals surface area (Å²) in [7, 11) is 1.98. The lowest BCUT2D eigenvalue weighted by Gasteiger charge is -2.20. The van der Waals surface area contributed by atoms with Gasteiger partial charge in [0.15, 0.2) is 6.10 Å². The highest BCUT2D eigenvalue weighted by molar-refractivity contribution is 5.32. The average molecular weight is 268 g/mol. The van der Waals surface area contributed by atoms with Gasteiger partial charge in [0.1, 0.15) is 5.76 Å². The SMILES string of the molecule is CCCN1C=C(C(O)c2ccco2)N(C)C1.O=CO. The van der Waals surface area contributed by atoms with E-state index in [1.54, 1.807) is 18.4 Å². The monoisotopic (exact) mass is 268 g/mol. The molecule has 2 rings (SSSR count). The molecule has 0 aliphatic carbocycles. The van der Waals surface area contributed by atoms with Gasteiger partial charge in [-0.1, -0.05) is 6.92 Å². The van der Waals surface area contributed by atoms with E-state index in [1.165, 1.54) is 0 Å². The summed E-state index contributed by atoms with van der Waals surface area (Å²) in [4.78, 5) is 12.6. The molecule has 0 fully saturated rings. The van der Waals surface area contributed by atoms with E-state index in [0.717, 1.165) is 25.3 Å². The summed E-state index contributed by atoms with van der Waals surface area (Å²) in [6.07, 6.45) is 4.03. The Morgan fingerprint density at radius 2 is 2.26 bits per heavy atom. The lowest BCUT2D eigenvalue weighted by atomic mass is 10.2. The number of likely N-dealkylation sites (N-methyl/N-ethyl adjacent to an activating group) is 1. The molecule has 0 bridgehead atoms. The molecule has 1 aromatic heterocycles. The summed E-state index contributed by atoms with van der Waals surface area (Å²) in [5.74, 6) is 0.594. The third-order valence-corrected chi connectivity index (χ3v) is 2.75. The summed E-state index contributed by atoms with van der Waals surface area (Å²) in [5, 5.41) is 17.0. The highest BCUT2D eigenvalue weighted by Gasteiger charge is 2.25. The van der Waals surface area contributed by atoms with Gasteiger partial charge in [-0.25, -0.2) is 0 Å². The van der Waals surface area contributed by atoms with Crippen LogP contribution < -0.4 is 0 Å². The van der Waals surface area contributed by atoms with E-state index >= 15 is 0 Å². The standard InChI is InChI=1S/C12H18N2O2.CH2O2/c1-3-6-14-8-10(13(2)9-14)12(15)11-5-4-7-16-11;2-1-3/h4-5,7-8,12,15H,3,6,9H2,1-2H3;1H,(H,2,3). The van der Waals surface area contributed by atoms with Gasteiger partial charge in [0.05, 0.1) is 18.6 Å². The molecule has 1 unspecified atom stereocenters. The van der Waals surface area contributed by atoms with Crippen molar-refractivity contribution in [2.75, 3.05) is 20.3 Å². The molecule has 2 heterocycles. The first-order chi connectivity index (χ1) is 9.13. The number of nitrogens with zero attached hydrogens (tertiary/aromatic N) is 2. The number of carboxylic acid groups (broad SMARTS) is 1. The number of hydrogen-bond donors (Lipinski definition) is 2. The summed E-state index contributed by atoms with van der Waals surface area (Å²) in [6.45, 7) is 3.74. The van der Waals surface area contributed by atoms with Crippen molar-refractivity contribution in [3.63, 3.8) is 0 Å². The maximum Gasteiger partial charge on any atom is 0.290 e. The molecule has 0 saturated heterocycles. The molecule has 0 amide bonds. The maximum atomic E-state index is 10.1. The van der Waals surface area contributed by atoms with Crippen molar-refractivity contribution in [1.82, 2.24) is 9.80 Å². The van der Waals surface area contributed by atoms with Crippen molar-refractivity contribution >= 4 is 6.47 Å². The fourth-order valence-electron chi connectivity index (χ4n) is 1.98. The van der Waals surface area contributed by atoms with Crippen LogP contribution in [0.2, 0.25) is 0 Å². The Kier molecular flexibility index (Phi) is 5.95. The molecular weight excluding hydrogens is 248 g/mol. The van der Waals surface area contributed by atoms with Gasteiger partial charge in [-0.3, -0.25) is 4.79 Å². The summed E-state index contributed by atoms with van der Waals surface area (Å²) in [6, 6.07) is 3.58. The molecule has 0 radical (unpaired) electrons. The lowest BCUT2D eigenvalue weighted by Crippen LogP contribution is -2.25. The van der Waals surface area contributed by atoms with Gasteiger partial charge in [-0.2, -0.15) is 0 Å². The van der Waals surface area contributed by atoms with E-state index < -0.39 is 6.10 Å². The lowest BCUT2D eigenvalue weighted by molar-refractivity contribution is -0.122.